The maximum absolute atomic E-state index is 5.73. The number of nitrogens with two attached hydrogens (primary N) is 1. The van der Waals surface area contributed by atoms with Crippen molar-refractivity contribution < 1.29 is 0 Å². The smallest absolute Gasteiger partial charge is 0.137 e. The lowest BCUT2D eigenvalue weighted by Gasteiger charge is -2.29. The Morgan fingerprint density at radius 1 is 1.33 bits per heavy atom. The van der Waals surface area contributed by atoms with Crippen molar-refractivity contribution in [2.24, 2.45) is 0 Å². The van der Waals surface area contributed by atoms with Crippen LogP contribution in [0.2, 0.25) is 0 Å². The average Bonchev–Trinajstić information content (AvgIpc) is 2.23. The van der Waals surface area contributed by atoms with Crippen LogP contribution in [0.1, 0.15) is 5.56 Å². The Bertz CT molecular complexity index is 324. The summed E-state index contributed by atoms with van der Waals surface area (Å²) in [6.07, 6.45) is 1.53. The zero-order valence-electron chi connectivity index (χ0n) is 8.73. The van der Waals surface area contributed by atoms with Crippen molar-refractivity contribution in [3.8, 4) is 0 Å². The number of halogens is 1. The quantitative estimate of drug-likeness (QED) is 0.720. The van der Waals surface area contributed by atoms with Crippen molar-refractivity contribution in [1.82, 2.24) is 15.3 Å². The average molecular weight is 230 g/mol. The van der Waals surface area contributed by atoms with E-state index in [0.717, 1.165) is 37.6 Å². The second-order valence-corrected chi connectivity index (χ2v) is 3.44. The second-order valence-electron chi connectivity index (χ2n) is 3.44. The topological polar surface area (TPSA) is 67.1 Å². The first-order valence-electron chi connectivity index (χ1n) is 4.82. The minimum Gasteiger partial charge on any atom is -0.383 e. The Labute approximate surface area is 95.5 Å². The molecule has 0 amide bonds. The van der Waals surface area contributed by atoms with E-state index >= 15 is 0 Å². The molecule has 1 aliphatic heterocycles. The van der Waals surface area contributed by atoms with E-state index in [-0.39, 0.29) is 12.4 Å². The van der Waals surface area contributed by atoms with Gasteiger partial charge in [-0.1, -0.05) is 0 Å². The van der Waals surface area contributed by atoms with Crippen molar-refractivity contribution in [2.75, 3.05) is 36.8 Å². The molecule has 1 aromatic heterocycles. The zero-order chi connectivity index (χ0) is 9.97. The first-order valence-corrected chi connectivity index (χ1v) is 4.82. The number of nitrogens with zero attached hydrogens (tertiary/aromatic N) is 3. The molecule has 6 heteroatoms. The molecule has 0 bridgehead atoms. The number of anilines is 2. The van der Waals surface area contributed by atoms with Gasteiger partial charge in [-0.2, -0.15) is 0 Å². The maximum Gasteiger partial charge on any atom is 0.137 e. The SMILES string of the molecule is Cc1c(N)ncnc1N1CCNCC1.Cl. The summed E-state index contributed by atoms with van der Waals surface area (Å²) in [5.41, 5.74) is 6.71. The van der Waals surface area contributed by atoms with Crippen molar-refractivity contribution >= 4 is 24.0 Å². The molecule has 0 saturated carbocycles. The van der Waals surface area contributed by atoms with Crippen LogP contribution in [0, 0.1) is 6.92 Å². The second kappa shape index (κ2) is 5.14. The van der Waals surface area contributed by atoms with E-state index in [2.05, 4.69) is 20.2 Å². The number of hydrogen-bond acceptors (Lipinski definition) is 5. The van der Waals surface area contributed by atoms with Crippen molar-refractivity contribution in [3.05, 3.63) is 11.9 Å². The highest BCUT2D eigenvalue weighted by atomic mass is 35.5. The molecule has 1 aliphatic rings. The van der Waals surface area contributed by atoms with Crippen molar-refractivity contribution in [1.29, 1.82) is 0 Å². The van der Waals surface area contributed by atoms with Crippen molar-refractivity contribution in [2.45, 2.75) is 6.92 Å². The summed E-state index contributed by atoms with van der Waals surface area (Å²) >= 11 is 0. The van der Waals surface area contributed by atoms with Gasteiger partial charge in [-0.3, -0.25) is 0 Å². The highest BCUT2D eigenvalue weighted by Gasteiger charge is 2.14. The molecule has 0 atom stereocenters. The van der Waals surface area contributed by atoms with Gasteiger partial charge in [-0.25, -0.2) is 9.97 Å². The molecule has 0 aliphatic carbocycles. The van der Waals surface area contributed by atoms with Crippen LogP contribution in [0.3, 0.4) is 0 Å². The summed E-state index contributed by atoms with van der Waals surface area (Å²) in [5, 5.41) is 3.30. The Hall–Kier alpha value is -1.07. The lowest BCUT2D eigenvalue weighted by Crippen LogP contribution is -2.44. The number of piperazine rings is 1. The largest absolute Gasteiger partial charge is 0.383 e. The third-order valence-corrected chi connectivity index (χ3v) is 2.51. The third kappa shape index (κ3) is 2.49. The van der Waals surface area contributed by atoms with Crippen LogP contribution in [0.5, 0.6) is 0 Å². The maximum atomic E-state index is 5.73. The lowest BCUT2D eigenvalue weighted by molar-refractivity contribution is 0.583. The molecule has 0 radical (unpaired) electrons. The number of hydrogen-bond donors (Lipinski definition) is 2. The van der Waals surface area contributed by atoms with Gasteiger partial charge >= 0.3 is 0 Å². The van der Waals surface area contributed by atoms with Gasteiger partial charge < -0.3 is 16.0 Å². The molecular formula is C9H16ClN5. The van der Waals surface area contributed by atoms with E-state index in [4.69, 9.17) is 5.73 Å². The highest BCUT2D eigenvalue weighted by Crippen LogP contribution is 2.19. The number of nitrogen functional groups attached to an aromatic ring is 1. The predicted molar refractivity (Wildman–Crippen MR) is 63.5 cm³/mol. The molecule has 3 N–H and O–H groups in total. The summed E-state index contributed by atoms with van der Waals surface area (Å²) < 4.78 is 0. The molecule has 0 aromatic carbocycles. The molecule has 84 valence electrons. The fourth-order valence-electron chi connectivity index (χ4n) is 1.65. The van der Waals surface area contributed by atoms with Gasteiger partial charge in [0.2, 0.25) is 0 Å². The molecule has 0 unspecified atom stereocenters. The molecular weight excluding hydrogens is 214 g/mol. The molecule has 15 heavy (non-hydrogen) atoms. The minimum absolute atomic E-state index is 0. The van der Waals surface area contributed by atoms with E-state index in [1.807, 2.05) is 6.92 Å². The summed E-state index contributed by atoms with van der Waals surface area (Å²) in [6.45, 7) is 5.94. The van der Waals surface area contributed by atoms with Gasteiger partial charge in [-0.05, 0) is 6.92 Å². The van der Waals surface area contributed by atoms with Crippen LogP contribution < -0.4 is 16.0 Å². The summed E-state index contributed by atoms with van der Waals surface area (Å²) in [5.74, 6) is 1.55. The van der Waals surface area contributed by atoms with Crippen LogP contribution in [-0.2, 0) is 0 Å². The van der Waals surface area contributed by atoms with E-state index in [0.29, 0.717) is 5.82 Å². The van der Waals surface area contributed by atoms with Crippen LogP contribution >= 0.6 is 12.4 Å². The molecule has 1 saturated heterocycles. The summed E-state index contributed by atoms with van der Waals surface area (Å²) in [4.78, 5) is 10.5. The van der Waals surface area contributed by atoms with Gasteiger partial charge in [-0.15, -0.1) is 12.4 Å². The van der Waals surface area contributed by atoms with Crippen LogP contribution in [-0.4, -0.2) is 36.1 Å². The van der Waals surface area contributed by atoms with Gasteiger partial charge in [0, 0.05) is 31.7 Å². The first-order chi connectivity index (χ1) is 6.79. The molecule has 2 rings (SSSR count). The Morgan fingerprint density at radius 3 is 2.67 bits per heavy atom. The zero-order valence-corrected chi connectivity index (χ0v) is 9.55. The normalized spacial score (nSPS) is 15.9. The standard InChI is InChI=1S/C9H15N5.ClH/c1-7-8(10)12-6-13-9(7)14-4-2-11-3-5-14;/h6,11H,2-5H2,1H3,(H2,10,12,13);1H. The predicted octanol–water partition coefficient (Wildman–Crippen LogP) is 0.199. The van der Waals surface area contributed by atoms with Crippen LogP contribution in [0.15, 0.2) is 6.33 Å². The summed E-state index contributed by atoms with van der Waals surface area (Å²) in [7, 11) is 0. The van der Waals surface area contributed by atoms with E-state index in [9.17, 15) is 0 Å². The monoisotopic (exact) mass is 229 g/mol. The van der Waals surface area contributed by atoms with Gasteiger partial charge in [0.15, 0.2) is 0 Å². The fourth-order valence-corrected chi connectivity index (χ4v) is 1.65. The number of rotatable bonds is 1. The van der Waals surface area contributed by atoms with E-state index in [1.54, 1.807) is 0 Å². The first kappa shape index (κ1) is 12.0. The fraction of sp³-hybridized carbons (Fsp3) is 0.556. The summed E-state index contributed by atoms with van der Waals surface area (Å²) in [6, 6.07) is 0. The molecule has 5 nitrogen and oxygen atoms in total. The lowest BCUT2D eigenvalue weighted by atomic mass is 10.2. The Morgan fingerprint density at radius 2 is 2.00 bits per heavy atom. The van der Waals surface area contributed by atoms with Gasteiger partial charge in [0.25, 0.3) is 0 Å². The number of nitrogens with one attached hydrogen (secondary N) is 1. The van der Waals surface area contributed by atoms with E-state index < -0.39 is 0 Å². The Balaban J connectivity index is 0.00000112. The van der Waals surface area contributed by atoms with E-state index in [1.165, 1.54) is 6.33 Å². The Kier molecular flexibility index (Phi) is 4.11. The molecule has 0 spiro atoms. The van der Waals surface area contributed by atoms with Crippen LogP contribution in [0.4, 0.5) is 11.6 Å². The van der Waals surface area contributed by atoms with Gasteiger partial charge in [0.1, 0.15) is 18.0 Å². The van der Waals surface area contributed by atoms with Crippen LogP contribution in [0.25, 0.3) is 0 Å². The van der Waals surface area contributed by atoms with Gasteiger partial charge in [0.05, 0.1) is 0 Å². The third-order valence-electron chi connectivity index (χ3n) is 2.51. The molecule has 2 heterocycles. The highest BCUT2D eigenvalue weighted by molar-refractivity contribution is 5.85. The minimum atomic E-state index is 0. The number of aromatic nitrogens is 2. The van der Waals surface area contributed by atoms with Crippen molar-refractivity contribution in [3.63, 3.8) is 0 Å². The molecule has 1 aromatic rings. The molecule has 1 fully saturated rings.